The lowest BCUT2D eigenvalue weighted by Crippen LogP contribution is -2.56. The number of hydrogen-bond donors (Lipinski definition) is 2. The highest BCUT2D eigenvalue weighted by atomic mass is 35.5. The third-order valence-corrected chi connectivity index (χ3v) is 3.97. The molecule has 2 atom stereocenters. The van der Waals surface area contributed by atoms with E-state index in [1.165, 1.54) is 18.3 Å². The van der Waals surface area contributed by atoms with Crippen molar-refractivity contribution in [2.45, 2.75) is 38.1 Å². The van der Waals surface area contributed by atoms with Crippen molar-refractivity contribution in [1.29, 1.82) is 0 Å². The second kappa shape index (κ2) is 5.79. The molecular formula is C14H17ClN2O3. The number of aromatic nitrogens is 1. The molecule has 1 aromatic rings. The van der Waals surface area contributed by atoms with Crippen LogP contribution in [0.3, 0.4) is 0 Å². The molecule has 1 saturated carbocycles. The highest BCUT2D eigenvalue weighted by Crippen LogP contribution is 2.32. The second-order valence-corrected chi connectivity index (χ2v) is 5.80. The molecule has 0 spiro atoms. The summed E-state index contributed by atoms with van der Waals surface area (Å²) >= 11 is 5.67. The Morgan fingerprint density at radius 1 is 1.50 bits per heavy atom. The number of halogens is 1. The van der Waals surface area contributed by atoms with Crippen LogP contribution < -0.4 is 5.32 Å². The van der Waals surface area contributed by atoms with Gasteiger partial charge in [-0.25, -0.2) is 9.78 Å². The van der Waals surface area contributed by atoms with E-state index in [9.17, 15) is 14.7 Å². The van der Waals surface area contributed by atoms with E-state index in [1.807, 2.05) is 6.92 Å². The van der Waals surface area contributed by atoms with E-state index in [4.69, 9.17) is 11.6 Å². The zero-order valence-corrected chi connectivity index (χ0v) is 12.0. The highest BCUT2D eigenvalue weighted by molar-refractivity contribution is 6.29. The van der Waals surface area contributed by atoms with E-state index in [-0.39, 0.29) is 5.92 Å². The summed E-state index contributed by atoms with van der Waals surface area (Å²) in [6, 6.07) is 3.04. The van der Waals surface area contributed by atoms with Crippen LogP contribution in [0.4, 0.5) is 0 Å². The summed E-state index contributed by atoms with van der Waals surface area (Å²) in [5, 5.41) is 12.5. The Bertz CT molecular complexity index is 518. The van der Waals surface area contributed by atoms with Crippen molar-refractivity contribution in [1.82, 2.24) is 10.3 Å². The maximum absolute atomic E-state index is 12.2. The van der Waals surface area contributed by atoms with Crippen LogP contribution in [0.5, 0.6) is 0 Å². The minimum absolute atomic E-state index is 0.281. The van der Waals surface area contributed by atoms with Crippen LogP contribution >= 0.6 is 11.6 Å². The topological polar surface area (TPSA) is 79.3 Å². The molecule has 2 rings (SSSR count). The summed E-state index contributed by atoms with van der Waals surface area (Å²) in [6.45, 7) is 2.01. The average Bonchev–Trinajstić information content (AvgIpc) is 2.39. The molecule has 0 bridgehead atoms. The van der Waals surface area contributed by atoms with Gasteiger partial charge in [0.25, 0.3) is 5.91 Å². The zero-order valence-electron chi connectivity index (χ0n) is 11.2. The molecule has 108 valence electrons. The molecule has 6 heteroatoms. The summed E-state index contributed by atoms with van der Waals surface area (Å²) in [4.78, 5) is 27.6. The van der Waals surface area contributed by atoms with Gasteiger partial charge in [-0.15, -0.1) is 0 Å². The van der Waals surface area contributed by atoms with Crippen LogP contribution in [0.1, 0.15) is 43.0 Å². The molecular weight excluding hydrogens is 280 g/mol. The number of pyridine rings is 1. The van der Waals surface area contributed by atoms with Gasteiger partial charge < -0.3 is 10.4 Å². The maximum atomic E-state index is 12.2. The van der Waals surface area contributed by atoms with Crippen molar-refractivity contribution in [2.24, 2.45) is 5.92 Å². The quantitative estimate of drug-likeness (QED) is 0.840. The first kappa shape index (κ1) is 14.8. The Kier molecular flexibility index (Phi) is 4.28. The van der Waals surface area contributed by atoms with Crippen LogP contribution in [0.25, 0.3) is 0 Å². The van der Waals surface area contributed by atoms with Crippen molar-refractivity contribution in [3.8, 4) is 0 Å². The first-order chi connectivity index (χ1) is 9.43. The van der Waals surface area contributed by atoms with Crippen LogP contribution in [-0.2, 0) is 4.79 Å². The van der Waals surface area contributed by atoms with E-state index in [2.05, 4.69) is 10.3 Å². The molecule has 1 aromatic heterocycles. The van der Waals surface area contributed by atoms with E-state index >= 15 is 0 Å². The third kappa shape index (κ3) is 3.10. The number of nitrogens with zero attached hydrogens (tertiary/aromatic N) is 1. The number of hydrogen-bond acceptors (Lipinski definition) is 3. The molecule has 0 aromatic carbocycles. The van der Waals surface area contributed by atoms with Crippen molar-refractivity contribution in [3.05, 3.63) is 29.0 Å². The van der Waals surface area contributed by atoms with E-state index < -0.39 is 17.4 Å². The summed E-state index contributed by atoms with van der Waals surface area (Å²) in [5.74, 6) is -1.12. The molecule has 20 heavy (non-hydrogen) atoms. The van der Waals surface area contributed by atoms with Gasteiger partial charge in [-0.05, 0) is 30.9 Å². The average molecular weight is 297 g/mol. The number of nitrogens with one attached hydrogen (secondary N) is 1. The summed E-state index contributed by atoms with van der Waals surface area (Å²) < 4.78 is 0. The van der Waals surface area contributed by atoms with E-state index in [0.29, 0.717) is 23.6 Å². The van der Waals surface area contributed by atoms with E-state index in [1.54, 1.807) is 0 Å². The van der Waals surface area contributed by atoms with Gasteiger partial charge in [0.05, 0.1) is 5.56 Å². The molecule has 2 N–H and O–H groups in total. The molecule has 1 aliphatic rings. The van der Waals surface area contributed by atoms with E-state index in [0.717, 1.165) is 12.8 Å². The SMILES string of the molecule is CC1CCCC(NC(=O)c2ccc(Cl)nc2)(C(=O)O)C1. The molecule has 0 aliphatic heterocycles. The van der Waals surface area contributed by atoms with Gasteiger partial charge in [0.15, 0.2) is 0 Å². The Hall–Kier alpha value is -1.62. The number of carboxylic acid groups (broad SMARTS) is 1. The molecule has 2 unspecified atom stereocenters. The predicted octanol–water partition coefficient (Wildman–Crippen LogP) is 2.50. The number of carbonyl (C=O) groups is 2. The van der Waals surface area contributed by atoms with Crippen LogP contribution in [0.15, 0.2) is 18.3 Å². The lowest BCUT2D eigenvalue weighted by Gasteiger charge is -2.37. The molecule has 5 nitrogen and oxygen atoms in total. The van der Waals surface area contributed by atoms with Gasteiger partial charge >= 0.3 is 5.97 Å². The maximum Gasteiger partial charge on any atom is 0.329 e. The third-order valence-electron chi connectivity index (χ3n) is 3.75. The lowest BCUT2D eigenvalue weighted by molar-refractivity contribution is -0.146. The minimum atomic E-state index is -1.17. The van der Waals surface area contributed by atoms with Crippen LogP contribution in [0, 0.1) is 5.92 Å². The lowest BCUT2D eigenvalue weighted by atomic mass is 9.76. The number of rotatable bonds is 3. The first-order valence-corrected chi connectivity index (χ1v) is 6.98. The van der Waals surface area contributed by atoms with Crippen LogP contribution in [0.2, 0.25) is 5.15 Å². The summed E-state index contributed by atoms with van der Waals surface area (Å²) in [5.41, 5.74) is -0.859. The molecule has 0 radical (unpaired) electrons. The smallest absolute Gasteiger partial charge is 0.329 e. The highest BCUT2D eigenvalue weighted by Gasteiger charge is 2.43. The van der Waals surface area contributed by atoms with Crippen molar-refractivity contribution in [2.75, 3.05) is 0 Å². The monoisotopic (exact) mass is 296 g/mol. The number of carbonyl (C=O) groups excluding carboxylic acids is 1. The van der Waals surface area contributed by atoms with Gasteiger partial charge in [-0.3, -0.25) is 4.79 Å². The summed E-state index contributed by atoms with van der Waals surface area (Å²) in [7, 11) is 0. The fourth-order valence-electron chi connectivity index (χ4n) is 2.71. The molecule has 1 heterocycles. The number of carboxylic acids is 1. The number of aliphatic carboxylic acids is 1. The first-order valence-electron chi connectivity index (χ1n) is 6.60. The Labute approximate surface area is 122 Å². The largest absolute Gasteiger partial charge is 0.480 e. The van der Waals surface area contributed by atoms with Gasteiger partial charge in [0.1, 0.15) is 10.7 Å². The zero-order chi connectivity index (χ0) is 14.8. The normalized spacial score (nSPS) is 26.0. The van der Waals surface area contributed by atoms with Crippen molar-refractivity contribution < 1.29 is 14.7 Å². The predicted molar refractivity (Wildman–Crippen MR) is 74.7 cm³/mol. The summed E-state index contributed by atoms with van der Waals surface area (Å²) in [6.07, 6.45) is 4.05. The molecule has 1 aliphatic carbocycles. The molecule has 0 saturated heterocycles. The fourth-order valence-corrected chi connectivity index (χ4v) is 2.82. The van der Waals surface area contributed by atoms with Gasteiger partial charge in [0.2, 0.25) is 0 Å². The van der Waals surface area contributed by atoms with Gasteiger partial charge in [-0.2, -0.15) is 0 Å². The number of amides is 1. The van der Waals surface area contributed by atoms with Gasteiger partial charge in [0, 0.05) is 6.20 Å². The molecule has 1 amide bonds. The Morgan fingerprint density at radius 2 is 2.25 bits per heavy atom. The van der Waals surface area contributed by atoms with Crippen LogP contribution in [-0.4, -0.2) is 27.5 Å². The van der Waals surface area contributed by atoms with Gasteiger partial charge in [-0.1, -0.05) is 31.4 Å². The standard InChI is InChI=1S/C14H17ClN2O3/c1-9-3-2-6-14(7-9,13(19)20)17-12(18)10-4-5-11(15)16-8-10/h4-5,8-9H,2-3,6-7H2,1H3,(H,17,18)(H,19,20). The minimum Gasteiger partial charge on any atom is -0.480 e. The fraction of sp³-hybridized carbons (Fsp3) is 0.500. The molecule has 1 fully saturated rings. The Balaban J connectivity index is 2.18. The van der Waals surface area contributed by atoms with Crippen molar-refractivity contribution >= 4 is 23.5 Å². The Morgan fingerprint density at radius 3 is 2.80 bits per heavy atom. The second-order valence-electron chi connectivity index (χ2n) is 5.41. The van der Waals surface area contributed by atoms with Crippen molar-refractivity contribution in [3.63, 3.8) is 0 Å².